The van der Waals surface area contributed by atoms with Gasteiger partial charge in [0.15, 0.2) is 0 Å². The predicted molar refractivity (Wildman–Crippen MR) is 52.2 cm³/mol. The van der Waals surface area contributed by atoms with Crippen molar-refractivity contribution in [3.8, 4) is 0 Å². The monoisotopic (exact) mass is 140 g/mol. The molecule has 0 saturated heterocycles. The first-order valence-electron chi connectivity index (χ1n) is 3.73. The summed E-state index contributed by atoms with van der Waals surface area (Å²) in [5.74, 6) is 0. The van der Waals surface area contributed by atoms with Crippen LogP contribution in [0.1, 0.15) is 29.1 Å². The fourth-order valence-corrected chi connectivity index (χ4v) is 0.316. The Kier molecular flexibility index (Phi) is 13.2. The Morgan fingerprint density at radius 3 is 2.20 bits per heavy atom. The molecule has 0 amide bonds. The molecule has 0 atom stereocenters. The van der Waals surface area contributed by atoms with Crippen molar-refractivity contribution < 1.29 is 1.43 Å². The fourth-order valence-electron chi connectivity index (χ4n) is 0.316. The van der Waals surface area contributed by atoms with E-state index in [-0.39, 0.29) is 1.43 Å². The third-order valence-corrected chi connectivity index (χ3v) is 0.874. The molecule has 0 aromatic carbocycles. The van der Waals surface area contributed by atoms with Gasteiger partial charge in [0.1, 0.15) is 0 Å². The average molecular weight is 140 g/mol. The van der Waals surface area contributed by atoms with Gasteiger partial charge >= 0.3 is 0 Å². The minimum absolute atomic E-state index is 0. The number of hydrogen-bond donors (Lipinski definition) is 0. The highest BCUT2D eigenvalue weighted by Crippen LogP contribution is 1.91. The summed E-state index contributed by atoms with van der Waals surface area (Å²) in [5.41, 5.74) is 1.20. The molecular formula is C10H20. The summed E-state index contributed by atoms with van der Waals surface area (Å²) in [6.45, 7) is 11.6. The number of hydrogen-bond acceptors (Lipinski definition) is 0. The van der Waals surface area contributed by atoms with E-state index < -0.39 is 0 Å². The molecule has 0 heteroatoms. The molecule has 0 aliphatic heterocycles. The number of allylic oxidation sites excluding steroid dienone is 5. The van der Waals surface area contributed by atoms with E-state index in [1.54, 1.807) is 0 Å². The minimum atomic E-state index is 0. The van der Waals surface area contributed by atoms with E-state index in [0.717, 1.165) is 0 Å². The van der Waals surface area contributed by atoms with Gasteiger partial charge in [-0.15, -0.1) is 0 Å². The van der Waals surface area contributed by atoms with E-state index in [1.807, 2.05) is 52.0 Å². The molecule has 60 valence electrons. The molecule has 0 spiro atoms. The quantitative estimate of drug-likeness (QED) is 0.509. The standard InChI is InChI=1S/C8H12.C2H6.H2/c1-4-6-7-8(3)5-2;1-2;/h4-7H,2H2,1,3H3;1-2H3;1H/b6-4+,8-7-;;. The Bertz CT molecular complexity index is 121. The number of rotatable bonds is 2. The fraction of sp³-hybridized carbons (Fsp3) is 0.400. The van der Waals surface area contributed by atoms with E-state index in [4.69, 9.17) is 0 Å². The van der Waals surface area contributed by atoms with E-state index in [1.165, 1.54) is 5.57 Å². The Labute approximate surface area is 66.4 Å². The Morgan fingerprint density at radius 2 is 1.90 bits per heavy atom. The molecule has 0 nitrogen and oxygen atoms in total. The van der Waals surface area contributed by atoms with E-state index >= 15 is 0 Å². The Balaban J connectivity index is -0.000000196. The first-order valence-corrected chi connectivity index (χ1v) is 3.73. The zero-order valence-electron chi connectivity index (χ0n) is 7.52. The van der Waals surface area contributed by atoms with E-state index in [2.05, 4.69) is 6.58 Å². The highest BCUT2D eigenvalue weighted by molar-refractivity contribution is 5.18. The lowest BCUT2D eigenvalue weighted by molar-refractivity contribution is 1.50. The first-order chi connectivity index (χ1) is 4.81. The summed E-state index contributed by atoms with van der Waals surface area (Å²) in [6, 6.07) is 0. The van der Waals surface area contributed by atoms with E-state index in [0.29, 0.717) is 0 Å². The van der Waals surface area contributed by atoms with Gasteiger partial charge in [0.25, 0.3) is 0 Å². The molecule has 0 bridgehead atoms. The smallest absolute Gasteiger partial charge is 0 e. The molecule has 0 aliphatic carbocycles. The molecule has 0 heterocycles. The van der Waals surface area contributed by atoms with Crippen molar-refractivity contribution in [2.45, 2.75) is 27.7 Å². The second-order valence-electron chi connectivity index (χ2n) is 1.64. The molecule has 0 aromatic rings. The second kappa shape index (κ2) is 11.1. The summed E-state index contributed by atoms with van der Waals surface area (Å²) in [7, 11) is 0. The second-order valence-corrected chi connectivity index (χ2v) is 1.64. The summed E-state index contributed by atoms with van der Waals surface area (Å²) in [5, 5.41) is 0. The van der Waals surface area contributed by atoms with Gasteiger partial charge in [-0.1, -0.05) is 50.3 Å². The van der Waals surface area contributed by atoms with Crippen molar-refractivity contribution in [3.05, 3.63) is 36.5 Å². The van der Waals surface area contributed by atoms with Crippen molar-refractivity contribution in [3.63, 3.8) is 0 Å². The third-order valence-electron chi connectivity index (χ3n) is 0.874. The lowest BCUT2D eigenvalue weighted by atomic mass is 10.3. The molecule has 0 saturated carbocycles. The normalized spacial score (nSPS) is 10.6. The topological polar surface area (TPSA) is 0 Å². The van der Waals surface area contributed by atoms with Gasteiger partial charge in [-0.2, -0.15) is 0 Å². The van der Waals surface area contributed by atoms with Crippen LogP contribution in [0.5, 0.6) is 0 Å². The maximum Gasteiger partial charge on any atom is 0 e. The van der Waals surface area contributed by atoms with Crippen LogP contribution in [0.25, 0.3) is 0 Å². The highest BCUT2D eigenvalue weighted by atomic mass is 13.8. The van der Waals surface area contributed by atoms with Crippen molar-refractivity contribution in [2.75, 3.05) is 0 Å². The zero-order chi connectivity index (χ0) is 8.41. The SMILES string of the molecule is C=C/C(C)=C\C=C\C.CC.[HH]. The Morgan fingerprint density at radius 1 is 1.40 bits per heavy atom. The average Bonchev–Trinajstić information content (AvgIpc) is 2.04. The van der Waals surface area contributed by atoms with Crippen LogP contribution in [0.4, 0.5) is 0 Å². The van der Waals surface area contributed by atoms with Crippen molar-refractivity contribution in [1.29, 1.82) is 0 Å². The van der Waals surface area contributed by atoms with Crippen LogP contribution < -0.4 is 0 Å². The summed E-state index contributed by atoms with van der Waals surface area (Å²) < 4.78 is 0. The van der Waals surface area contributed by atoms with Crippen LogP contribution in [-0.2, 0) is 0 Å². The largest absolute Gasteiger partial charge is 0.0988 e. The van der Waals surface area contributed by atoms with Gasteiger partial charge in [0, 0.05) is 1.43 Å². The highest BCUT2D eigenvalue weighted by Gasteiger charge is 1.70. The Hall–Kier alpha value is -0.780. The minimum Gasteiger partial charge on any atom is -0.0988 e. The van der Waals surface area contributed by atoms with Crippen LogP contribution in [0.3, 0.4) is 0 Å². The maximum atomic E-state index is 3.61. The molecule has 0 radical (unpaired) electrons. The molecule has 0 aliphatic rings. The van der Waals surface area contributed by atoms with Crippen molar-refractivity contribution in [1.82, 2.24) is 0 Å². The van der Waals surface area contributed by atoms with Gasteiger partial charge < -0.3 is 0 Å². The van der Waals surface area contributed by atoms with Crippen LogP contribution in [0.15, 0.2) is 36.5 Å². The molecule has 0 fully saturated rings. The first kappa shape index (κ1) is 12.0. The molecular weight excluding hydrogens is 120 g/mol. The third kappa shape index (κ3) is 10.3. The molecule has 0 unspecified atom stereocenters. The van der Waals surface area contributed by atoms with Crippen LogP contribution >= 0.6 is 0 Å². The van der Waals surface area contributed by atoms with Crippen molar-refractivity contribution in [2.24, 2.45) is 0 Å². The van der Waals surface area contributed by atoms with Crippen LogP contribution in [0.2, 0.25) is 0 Å². The lowest BCUT2D eigenvalue weighted by Gasteiger charge is -1.81. The van der Waals surface area contributed by atoms with Gasteiger partial charge in [0.2, 0.25) is 0 Å². The van der Waals surface area contributed by atoms with Crippen LogP contribution in [-0.4, -0.2) is 0 Å². The molecule has 0 rings (SSSR count). The molecule has 0 aromatic heterocycles. The molecule has 10 heavy (non-hydrogen) atoms. The summed E-state index contributed by atoms with van der Waals surface area (Å²) >= 11 is 0. The van der Waals surface area contributed by atoms with Crippen LogP contribution in [0, 0.1) is 0 Å². The van der Waals surface area contributed by atoms with E-state index in [9.17, 15) is 0 Å². The predicted octanol–water partition coefficient (Wildman–Crippen LogP) is 3.97. The lowest BCUT2D eigenvalue weighted by Crippen LogP contribution is -1.60. The maximum absolute atomic E-state index is 3.61. The van der Waals surface area contributed by atoms with Gasteiger partial charge in [-0.05, 0) is 13.8 Å². The van der Waals surface area contributed by atoms with Gasteiger partial charge in [0.05, 0.1) is 0 Å². The van der Waals surface area contributed by atoms with Crippen molar-refractivity contribution >= 4 is 0 Å². The zero-order valence-corrected chi connectivity index (χ0v) is 7.52. The molecule has 0 N–H and O–H groups in total. The van der Waals surface area contributed by atoms with Gasteiger partial charge in [-0.3, -0.25) is 0 Å². The van der Waals surface area contributed by atoms with Gasteiger partial charge in [-0.25, -0.2) is 0 Å². The summed E-state index contributed by atoms with van der Waals surface area (Å²) in [4.78, 5) is 0. The summed E-state index contributed by atoms with van der Waals surface area (Å²) in [6.07, 6.45) is 7.84.